The fraction of sp³-hybridized carbons (Fsp3) is 0.125. The minimum absolute atomic E-state index is 0.370. The molecule has 178 valence electrons. The molecule has 3 aromatic heterocycles. The molecular formula is C24H21FN6O3S. The molecule has 11 heteroatoms. The van der Waals surface area contributed by atoms with Crippen molar-refractivity contribution in [2.24, 2.45) is 0 Å². The smallest absolute Gasteiger partial charge is 0.306 e. The fourth-order valence-corrected chi connectivity index (χ4v) is 4.35. The number of ether oxygens (including phenoxy) is 1. The highest BCUT2D eigenvalue weighted by atomic mass is 32.2. The van der Waals surface area contributed by atoms with Gasteiger partial charge in [-0.1, -0.05) is 0 Å². The van der Waals surface area contributed by atoms with Crippen LogP contribution in [0.4, 0.5) is 10.3 Å². The van der Waals surface area contributed by atoms with E-state index >= 15 is 0 Å². The van der Waals surface area contributed by atoms with Crippen LogP contribution in [0.25, 0.3) is 28.5 Å². The van der Waals surface area contributed by atoms with Crippen LogP contribution in [0.15, 0.2) is 82.6 Å². The van der Waals surface area contributed by atoms with Crippen molar-refractivity contribution in [2.45, 2.75) is 4.90 Å². The Morgan fingerprint density at radius 3 is 2.63 bits per heavy atom. The number of methoxy groups -OCH3 is 1. The number of imidazole rings is 1. The van der Waals surface area contributed by atoms with Gasteiger partial charge in [-0.15, -0.1) is 0 Å². The monoisotopic (exact) mass is 492 g/mol. The average Bonchev–Trinajstić information content (AvgIpc) is 3.49. The number of hydrogen-bond acceptors (Lipinski definition) is 7. The molecule has 0 aliphatic carbocycles. The maximum absolute atomic E-state index is 13.0. The third kappa shape index (κ3) is 4.91. The second-order valence-electron chi connectivity index (χ2n) is 7.40. The number of rotatable bonds is 9. The Labute approximate surface area is 202 Å². The van der Waals surface area contributed by atoms with Crippen LogP contribution in [-0.4, -0.2) is 43.8 Å². The Balaban J connectivity index is 1.32. The number of halogens is 1. The molecule has 3 heterocycles. The van der Waals surface area contributed by atoms with Crippen LogP contribution in [0.3, 0.4) is 0 Å². The SMILES string of the molecule is COc1ccc(-c2nc3occn3c2-c2ccnc(NCCNS(=O)c3ccc(F)cc3)n2)cc1. The number of hydrogen-bond donors (Lipinski definition) is 2. The van der Waals surface area contributed by atoms with Crippen molar-refractivity contribution < 1.29 is 17.8 Å². The normalized spacial score (nSPS) is 12.1. The van der Waals surface area contributed by atoms with Gasteiger partial charge < -0.3 is 14.5 Å². The number of anilines is 1. The fourth-order valence-electron chi connectivity index (χ4n) is 3.52. The van der Waals surface area contributed by atoms with Gasteiger partial charge in [0.2, 0.25) is 5.95 Å². The standard InChI is InChI=1S/C24H21FN6O3S/c1-33-18-6-2-16(3-7-18)21-22(31-14-15-34-24(31)30-21)20-10-11-26-23(29-20)27-12-13-28-35(32)19-8-4-17(25)5-9-19/h2-11,14-15,28H,12-13H2,1H3,(H,26,27,29). The predicted octanol–water partition coefficient (Wildman–Crippen LogP) is 3.92. The van der Waals surface area contributed by atoms with Gasteiger partial charge in [-0.2, -0.15) is 4.98 Å². The van der Waals surface area contributed by atoms with Crippen molar-refractivity contribution >= 4 is 22.8 Å². The minimum Gasteiger partial charge on any atom is -0.497 e. The Morgan fingerprint density at radius 2 is 1.86 bits per heavy atom. The van der Waals surface area contributed by atoms with E-state index in [1.165, 1.54) is 24.3 Å². The second-order valence-corrected chi connectivity index (χ2v) is 8.70. The van der Waals surface area contributed by atoms with Crippen molar-refractivity contribution in [2.75, 3.05) is 25.5 Å². The van der Waals surface area contributed by atoms with E-state index < -0.39 is 11.0 Å². The van der Waals surface area contributed by atoms with Gasteiger partial charge in [-0.25, -0.2) is 23.3 Å². The third-order valence-corrected chi connectivity index (χ3v) is 6.36. The van der Waals surface area contributed by atoms with Crippen molar-refractivity contribution in [1.29, 1.82) is 0 Å². The highest BCUT2D eigenvalue weighted by molar-refractivity contribution is 7.83. The molecule has 35 heavy (non-hydrogen) atoms. The summed E-state index contributed by atoms with van der Waals surface area (Å²) in [6.45, 7) is 0.808. The van der Waals surface area contributed by atoms with E-state index in [9.17, 15) is 8.60 Å². The molecule has 0 saturated heterocycles. The number of benzene rings is 2. The highest BCUT2D eigenvalue weighted by Crippen LogP contribution is 2.33. The summed E-state index contributed by atoms with van der Waals surface area (Å²) in [4.78, 5) is 14.1. The quantitative estimate of drug-likeness (QED) is 0.300. The number of nitrogens with one attached hydrogen (secondary N) is 2. The number of nitrogens with zero attached hydrogens (tertiary/aromatic N) is 4. The first-order chi connectivity index (χ1) is 17.1. The molecule has 2 aromatic carbocycles. The summed E-state index contributed by atoms with van der Waals surface area (Å²) in [5.74, 6) is 1.24. The van der Waals surface area contributed by atoms with Gasteiger partial charge in [0.1, 0.15) is 40.2 Å². The molecule has 0 aliphatic rings. The van der Waals surface area contributed by atoms with Crippen LogP contribution < -0.4 is 14.8 Å². The van der Waals surface area contributed by atoms with Crippen molar-refractivity contribution in [1.82, 2.24) is 24.1 Å². The highest BCUT2D eigenvalue weighted by Gasteiger charge is 2.19. The maximum atomic E-state index is 13.0. The third-order valence-electron chi connectivity index (χ3n) is 5.19. The number of oxazole rings is 1. The molecule has 1 atom stereocenters. The minimum atomic E-state index is -1.44. The molecule has 0 spiro atoms. The lowest BCUT2D eigenvalue weighted by Gasteiger charge is -2.09. The van der Waals surface area contributed by atoms with Gasteiger partial charge in [0.15, 0.2) is 0 Å². The predicted molar refractivity (Wildman–Crippen MR) is 130 cm³/mol. The lowest BCUT2D eigenvalue weighted by atomic mass is 10.1. The summed E-state index contributed by atoms with van der Waals surface area (Å²) in [7, 11) is 0.176. The van der Waals surface area contributed by atoms with Crippen molar-refractivity contribution in [3.05, 3.63) is 79.1 Å². The topological polar surface area (TPSA) is 107 Å². The first kappa shape index (κ1) is 22.7. The summed E-state index contributed by atoms with van der Waals surface area (Å²) in [5, 5.41) is 3.13. The molecule has 9 nitrogen and oxygen atoms in total. The van der Waals surface area contributed by atoms with E-state index in [2.05, 4.69) is 25.0 Å². The van der Waals surface area contributed by atoms with Gasteiger partial charge in [0, 0.05) is 31.0 Å². The molecule has 0 aliphatic heterocycles. The number of fused-ring (bicyclic) bond motifs is 1. The molecule has 5 aromatic rings. The maximum Gasteiger partial charge on any atom is 0.306 e. The van der Waals surface area contributed by atoms with Crippen LogP contribution in [0.2, 0.25) is 0 Å². The van der Waals surface area contributed by atoms with Gasteiger partial charge in [0.25, 0.3) is 0 Å². The van der Waals surface area contributed by atoms with Crippen LogP contribution >= 0.6 is 0 Å². The first-order valence-electron chi connectivity index (χ1n) is 10.7. The van der Waals surface area contributed by atoms with E-state index in [-0.39, 0.29) is 5.82 Å². The lowest BCUT2D eigenvalue weighted by Crippen LogP contribution is -2.24. The van der Waals surface area contributed by atoms with Crippen LogP contribution in [0, 0.1) is 5.82 Å². The van der Waals surface area contributed by atoms with Crippen LogP contribution in [0.5, 0.6) is 5.75 Å². The van der Waals surface area contributed by atoms with Crippen molar-refractivity contribution in [3.8, 4) is 28.4 Å². The van der Waals surface area contributed by atoms with E-state index in [4.69, 9.17) is 9.15 Å². The number of aromatic nitrogens is 4. The molecular weight excluding hydrogens is 471 g/mol. The second kappa shape index (κ2) is 10.0. The largest absolute Gasteiger partial charge is 0.497 e. The van der Waals surface area contributed by atoms with Crippen molar-refractivity contribution in [3.63, 3.8) is 0 Å². The van der Waals surface area contributed by atoms with Gasteiger partial charge in [-0.3, -0.25) is 4.40 Å². The zero-order valence-corrected chi connectivity index (χ0v) is 19.5. The van der Waals surface area contributed by atoms with Gasteiger partial charge >= 0.3 is 5.84 Å². The molecule has 5 rings (SSSR count). The first-order valence-corrected chi connectivity index (χ1v) is 11.9. The van der Waals surface area contributed by atoms with E-state index in [0.717, 1.165) is 17.0 Å². The molecule has 0 bridgehead atoms. The molecule has 0 fully saturated rings. The van der Waals surface area contributed by atoms with Crippen LogP contribution in [-0.2, 0) is 11.0 Å². The Kier molecular flexibility index (Phi) is 6.51. The molecule has 0 amide bonds. The van der Waals surface area contributed by atoms with Gasteiger partial charge in [-0.05, 0) is 54.6 Å². The Bertz CT molecular complexity index is 1470. The molecule has 0 radical (unpaired) electrons. The summed E-state index contributed by atoms with van der Waals surface area (Å²) in [5.41, 5.74) is 3.03. The average molecular weight is 493 g/mol. The summed E-state index contributed by atoms with van der Waals surface area (Å²) in [6, 6.07) is 14.9. The van der Waals surface area contributed by atoms with E-state index in [0.29, 0.717) is 41.2 Å². The summed E-state index contributed by atoms with van der Waals surface area (Å²) < 4.78 is 40.8. The Hall–Kier alpha value is -4.09. The van der Waals surface area contributed by atoms with E-state index in [1.807, 2.05) is 28.7 Å². The van der Waals surface area contributed by atoms with E-state index in [1.54, 1.807) is 31.8 Å². The van der Waals surface area contributed by atoms with Crippen LogP contribution in [0.1, 0.15) is 0 Å². The zero-order chi connectivity index (χ0) is 24.2. The summed E-state index contributed by atoms with van der Waals surface area (Å²) in [6.07, 6.45) is 5.01. The molecule has 2 N–H and O–H groups in total. The van der Waals surface area contributed by atoms with Gasteiger partial charge in [0.05, 0.1) is 17.7 Å². The Morgan fingerprint density at radius 1 is 1.06 bits per heavy atom. The molecule has 1 unspecified atom stereocenters. The lowest BCUT2D eigenvalue weighted by molar-refractivity contribution is 0.415. The molecule has 0 saturated carbocycles. The zero-order valence-electron chi connectivity index (χ0n) is 18.6. The summed E-state index contributed by atoms with van der Waals surface area (Å²) >= 11 is 0.